The lowest BCUT2D eigenvalue weighted by Gasteiger charge is -2.26. The van der Waals surface area contributed by atoms with Crippen molar-refractivity contribution in [2.75, 3.05) is 18.9 Å². The molecule has 0 bridgehead atoms. The lowest BCUT2D eigenvalue weighted by atomic mass is 9.88. The first-order valence-electron chi connectivity index (χ1n) is 6.55. The van der Waals surface area contributed by atoms with Crippen LogP contribution in [0.2, 0.25) is 0 Å². The van der Waals surface area contributed by atoms with Crippen molar-refractivity contribution >= 4 is 15.7 Å². The van der Waals surface area contributed by atoms with Crippen LogP contribution in [0.3, 0.4) is 0 Å². The molecular weight excluding hydrogens is 283 g/mol. The minimum absolute atomic E-state index is 0.0614. The third kappa shape index (κ3) is 2.94. The van der Waals surface area contributed by atoms with Crippen molar-refractivity contribution < 1.29 is 17.9 Å². The fraction of sp³-hybridized carbons (Fsp3) is 0.538. The molecule has 0 radical (unpaired) electrons. The molecule has 2 rings (SSSR count). The Morgan fingerprint density at radius 2 is 2.00 bits per heavy atom. The van der Waals surface area contributed by atoms with Gasteiger partial charge in [0.1, 0.15) is 10.7 Å². The topological polar surface area (TPSA) is 92.4 Å². The molecule has 5 nitrogen and oxygen atoms in total. The Bertz CT molecular complexity index is 583. The third-order valence-electron chi connectivity index (χ3n) is 3.94. The van der Waals surface area contributed by atoms with Gasteiger partial charge in [-0.25, -0.2) is 17.5 Å². The molecule has 1 saturated carbocycles. The highest BCUT2D eigenvalue weighted by atomic mass is 32.2. The predicted octanol–water partition coefficient (Wildman–Crippen LogP) is 1.24. The maximum absolute atomic E-state index is 13.3. The second kappa shape index (κ2) is 5.67. The average Bonchev–Trinajstić information content (AvgIpc) is 2.89. The zero-order chi connectivity index (χ0) is 14.8. The molecule has 0 heterocycles. The van der Waals surface area contributed by atoms with E-state index in [0.717, 1.165) is 31.7 Å². The number of nitrogens with two attached hydrogens (primary N) is 1. The maximum Gasteiger partial charge on any atom is 0.242 e. The Hall–Kier alpha value is -1.18. The number of anilines is 1. The summed E-state index contributed by atoms with van der Waals surface area (Å²) in [6.07, 6.45) is 3.52. The minimum atomic E-state index is -3.88. The van der Waals surface area contributed by atoms with Crippen LogP contribution in [0.4, 0.5) is 10.1 Å². The number of aliphatic hydroxyl groups excluding tert-OH is 1. The largest absolute Gasteiger partial charge is 0.396 e. The summed E-state index contributed by atoms with van der Waals surface area (Å²) in [5.74, 6) is -0.759. The number of aliphatic hydroxyl groups is 1. The van der Waals surface area contributed by atoms with Crippen LogP contribution in [-0.4, -0.2) is 26.7 Å². The van der Waals surface area contributed by atoms with Crippen molar-refractivity contribution in [3.8, 4) is 0 Å². The molecule has 0 unspecified atom stereocenters. The van der Waals surface area contributed by atoms with E-state index in [0.29, 0.717) is 0 Å². The number of nitrogen functional groups attached to an aromatic ring is 1. The van der Waals surface area contributed by atoms with E-state index in [-0.39, 0.29) is 23.7 Å². The van der Waals surface area contributed by atoms with Gasteiger partial charge in [0.2, 0.25) is 10.0 Å². The molecule has 0 aromatic heterocycles. The number of rotatable bonds is 5. The van der Waals surface area contributed by atoms with E-state index >= 15 is 0 Å². The van der Waals surface area contributed by atoms with E-state index in [1.807, 2.05) is 0 Å². The summed E-state index contributed by atoms with van der Waals surface area (Å²) in [5, 5.41) is 9.46. The number of halogens is 1. The maximum atomic E-state index is 13.3. The number of benzene rings is 1. The van der Waals surface area contributed by atoms with Crippen LogP contribution in [0.1, 0.15) is 25.7 Å². The van der Waals surface area contributed by atoms with E-state index in [2.05, 4.69) is 4.72 Å². The first-order valence-corrected chi connectivity index (χ1v) is 8.03. The van der Waals surface area contributed by atoms with Gasteiger partial charge in [0.25, 0.3) is 0 Å². The molecule has 0 saturated heterocycles. The monoisotopic (exact) mass is 302 g/mol. The Balaban J connectivity index is 2.17. The molecule has 0 spiro atoms. The fourth-order valence-electron chi connectivity index (χ4n) is 2.59. The molecule has 7 heteroatoms. The molecule has 1 aromatic carbocycles. The Morgan fingerprint density at radius 3 is 2.60 bits per heavy atom. The van der Waals surface area contributed by atoms with Gasteiger partial charge in [0.05, 0.1) is 5.69 Å². The summed E-state index contributed by atoms with van der Waals surface area (Å²) in [4.78, 5) is -0.261. The summed E-state index contributed by atoms with van der Waals surface area (Å²) >= 11 is 0. The van der Waals surface area contributed by atoms with E-state index in [4.69, 9.17) is 5.73 Å². The van der Waals surface area contributed by atoms with Crippen molar-refractivity contribution in [3.63, 3.8) is 0 Å². The number of para-hydroxylation sites is 1. The molecule has 1 aliphatic carbocycles. The van der Waals surface area contributed by atoms with Gasteiger partial charge in [0.15, 0.2) is 0 Å². The third-order valence-corrected chi connectivity index (χ3v) is 5.40. The fourth-order valence-corrected chi connectivity index (χ4v) is 3.89. The standard InChI is InChI=1S/C13H19FN2O3S/c14-10-4-3-5-11(12(10)15)20(18,19)16-8-13(9-17)6-1-2-7-13/h3-5,16-17H,1-2,6-9,15H2. The van der Waals surface area contributed by atoms with E-state index < -0.39 is 21.3 Å². The summed E-state index contributed by atoms with van der Waals surface area (Å²) in [6, 6.07) is 3.68. The highest BCUT2D eigenvalue weighted by Gasteiger charge is 2.34. The molecule has 4 N–H and O–H groups in total. The van der Waals surface area contributed by atoms with Gasteiger partial charge >= 0.3 is 0 Å². The van der Waals surface area contributed by atoms with Gasteiger partial charge in [0, 0.05) is 18.6 Å². The quantitative estimate of drug-likeness (QED) is 0.714. The lowest BCUT2D eigenvalue weighted by molar-refractivity contribution is 0.134. The Morgan fingerprint density at radius 1 is 1.35 bits per heavy atom. The van der Waals surface area contributed by atoms with Crippen molar-refractivity contribution in [2.24, 2.45) is 5.41 Å². The molecule has 0 atom stereocenters. The van der Waals surface area contributed by atoms with Gasteiger partial charge in [-0.2, -0.15) is 0 Å². The molecule has 1 aromatic rings. The van der Waals surface area contributed by atoms with Crippen molar-refractivity contribution in [1.82, 2.24) is 4.72 Å². The first kappa shape index (κ1) is 15.2. The Kier molecular flexibility index (Phi) is 4.31. The van der Waals surface area contributed by atoms with Crippen LogP contribution in [0.25, 0.3) is 0 Å². The van der Waals surface area contributed by atoms with Gasteiger partial charge in [-0.15, -0.1) is 0 Å². The lowest BCUT2D eigenvalue weighted by Crippen LogP contribution is -2.38. The highest BCUT2D eigenvalue weighted by molar-refractivity contribution is 7.89. The molecule has 20 heavy (non-hydrogen) atoms. The van der Waals surface area contributed by atoms with Crippen LogP contribution in [0, 0.1) is 11.2 Å². The van der Waals surface area contributed by atoms with Crippen molar-refractivity contribution in [1.29, 1.82) is 0 Å². The molecule has 0 aliphatic heterocycles. The van der Waals surface area contributed by atoms with Gasteiger partial charge in [-0.1, -0.05) is 18.9 Å². The second-order valence-electron chi connectivity index (χ2n) is 5.34. The SMILES string of the molecule is Nc1c(F)cccc1S(=O)(=O)NCC1(CO)CCCC1. The van der Waals surface area contributed by atoms with Crippen LogP contribution in [0.15, 0.2) is 23.1 Å². The molecule has 1 fully saturated rings. The summed E-state index contributed by atoms with van der Waals surface area (Å²) in [5.41, 5.74) is 4.68. The van der Waals surface area contributed by atoms with E-state index in [9.17, 15) is 17.9 Å². The Labute approximate surface area is 118 Å². The smallest absolute Gasteiger partial charge is 0.242 e. The van der Waals surface area contributed by atoms with Gasteiger partial charge in [-0.3, -0.25) is 0 Å². The van der Waals surface area contributed by atoms with Crippen LogP contribution < -0.4 is 10.5 Å². The number of hydrogen-bond acceptors (Lipinski definition) is 4. The van der Waals surface area contributed by atoms with Crippen LogP contribution in [0.5, 0.6) is 0 Å². The number of sulfonamides is 1. The summed E-state index contributed by atoms with van der Waals surface area (Å²) < 4.78 is 40.1. The predicted molar refractivity (Wildman–Crippen MR) is 74.0 cm³/mol. The molecule has 0 amide bonds. The molecule has 1 aliphatic rings. The average molecular weight is 302 g/mol. The second-order valence-corrected chi connectivity index (χ2v) is 7.08. The molecular formula is C13H19FN2O3S. The van der Waals surface area contributed by atoms with Crippen molar-refractivity contribution in [3.05, 3.63) is 24.0 Å². The van der Waals surface area contributed by atoms with Gasteiger partial charge in [-0.05, 0) is 25.0 Å². The van der Waals surface area contributed by atoms with Crippen molar-refractivity contribution in [2.45, 2.75) is 30.6 Å². The first-order chi connectivity index (χ1) is 9.40. The van der Waals surface area contributed by atoms with Crippen LogP contribution >= 0.6 is 0 Å². The van der Waals surface area contributed by atoms with Crippen LogP contribution in [-0.2, 0) is 10.0 Å². The van der Waals surface area contributed by atoms with E-state index in [1.54, 1.807) is 0 Å². The normalized spacial score (nSPS) is 18.3. The summed E-state index contributed by atoms with van der Waals surface area (Å²) in [7, 11) is -3.88. The zero-order valence-corrected chi connectivity index (χ0v) is 11.9. The van der Waals surface area contributed by atoms with Gasteiger partial charge < -0.3 is 10.8 Å². The highest BCUT2D eigenvalue weighted by Crippen LogP contribution is 2.37. The summed E-state index contributed by atoms with van der Waals surface area (Å²) in [6.45, 7) is 0.0793. The number of nitrogens with one attached hydrogen (secondary N) is 1. The number of hydrogen-bond donors (Lipinski definition) is 3. The van der Waals surface area contributed by atoms with E-state index in [1.165, 1.54) is 12.1 Å². The molecule has 112 valence electrons. The minimum Gasteiger partial charge on any atom is -0.396 e. The zero-order valence-electron chi connectivity index (χ0n) is 11.1.